The highest BCUT2D eigenvalue weighted by molar-refractivity contribution is 7.10. The predicted molar refractivity (Wildman–Crippen MR) is 84.5 cm³/mol. The molecule has 5 heteroatoms. The van der Waals surface area contributed by atoms with Gasteiger partial charge in [-0.3, -0.25) is 4.79 Å². The van der Waals surface area contributed by atoms with Gasteiger partial charge in [0.05, 0.1) is 5.02 Å². The molecule has 3 nitrogen and oxygen atoms in total. The molecule has 0 atom stereocenters. The Morgan fingerprint density at radius 1 is 1.25 bits per heavy atom. The van der Waals surface area contributed by atoms with Crippen LogP contribution in [0.2, 0.25) is 5.02 Å². The lowest BCUT2D eigenvalue weighted by Gasteiger charge is -2.06. The van der Waals surface area contributed by atoms with E-state index >= 15 is 0 Å². The van der Waals surface area contributed by atoms with Gasteiger partial charge in [0, 0.05) is 35.5 Å². The van der Waals surface area contributed by atoms with Crippen molar-refractivity contribution in [3.05, 3.63) is 56.7 Å². The Kier molecular flexibility index (Phi) is 5.59. The van der Waals surface area contributed by atoms with Crippen LogP contribution in [0.25, 0.3) is 0 Å². The van der Waals surface area contributed by atoms with E-state index in [2.05, 4.69) is 10.6 Å². The summed E-state index contributed by atoms with van der Waals surface area (Å²) in [6, 6.07) is 9.50. The molecule has 0 aliphatic heterocycles. The summed E-state index contributed by atoms with van der Waals surface area (Å²) >= 11 is 7.48. The van der Waals surface area contributed by atoms with Crippen molar-refractivity contribution >= 4 is 28.8 Å². The quantitative estimate of drug-likeness (QED) is 0.804. The third kappa shape index (κ3) is 4.63. The van der Waals surface area contributed by atoms with Crippen LogP contribution in [0, 0.1) is 6.92 Å². The third-order valence-electron chi connectivity index (χ3n) is 2.82. The van der Waals surface area contributed by atoms with Crippen molar-refractivity contribution in [1.29, 1.82) is 0 Å². The van der Waals surface area contributed by atoms with E-state index in [-0.39, 0.29) is 5.91 Å². The number of thiophene rings is 1. The largest absolute Gasteiger partial charge is 0.351 e. The Bertz CT molecular complexity index is 566. The maximum atomic E-state index is 11.8. The number of hydrogen-bond acceptors (Lipinski definition) is 3. The maximum absolute atomic E-state index is 11.8. The third-order valence-corrected chi connectivity index (χ3v) is 4.11. The predicted octanol–water partition coefficient (Wildman–Crippen LogP) is 3.23. The summed E-state index contributed by atoms with van der Waals surface area (Å²) < 4.78 is 0. The van der Waals surface area contributed by atoms with Crippen LogP contribution in [0.15, 0.2) is 35.7 Å². The molecular formula is C15H17ClN2OS. The molecule has 20 heavy (non-hydrogen) atoms. The van der Waals surface area contributed by atoms with Crippen LogP contribution < -0.4 is 10.6 Å². The van der Waals surface area contributed by atoms with Gasteiger partial charge in [-0.1, -0.05) is 29.3 Å². The van der Waals surface area contributed by atoms with E-state index in [9.17, 15) is 4.79 Å². The Labute approximate surface area is 128 Å². The topological polar surface area (TPSA) is 41.1 Å². The first kappa shape index (κ1) is 15.0. The lowest BCUT2D eigenvalue weighted by atomic mass is 10.1. The van der Waals surface area contributed by atoms with Gasteiger partial charge in [-0.05, 0) is 25.1 Å². The van der Waals surface area contributed by atoms with Gasteiger partial charge in [0.25, 0.3) is 5.91 Å². The fourth-order valence-corrected chi connectivity index (χ4v) is 2.77. The first-order valence-electron chi connectivity index (χ1n) is 6.43. The van der Waals surface area contributed by atoms with E-state index in [1.807, 2.05) is 42.6 Å². The van der Waals surface area contributed by atoms with Crippen molar-refractivity contribution < 1.29 is 4.79 Å². The molecular weight excluding hydrogens is 292 g/mol. The van der Waals surface area contributed by atoms with Crippen molar-refractivity contribution in [3.63, 3.8) is 0 Å². The van der Waals surface area contributed by atoms with Crippen LogP contribution in [0.5, 0.6) is 0 Å². The van der Waals surface area contributed by atoms with Crippen molar-refractivity contribution in [2.24, 2.45) is 0 Å². The van der Waals surface area contributed by atoms with E-state index in [4.69, 9.17) is 11.6 Å². The zero-order valence-corrected chi connectivity index (χ0v) is 12.9. The Hall–Kier alpha value is -1.36. The summed E-state index contributed by atoms with van der Waals surface area (Å²) in [4.78, 5) is 13.0. The second-order valence-corrected chi connectivity index (χ2v) is 5.96. The molecule has 0 aliphatic carbocycles. The number of rotatable bonds is 6. The van der Waals surface area contributed by atoms with Crippen molar-refractivity contribution in [1.82, 2.24) is 10.6 Å². The fraction of sp³-hybridized carbons (Fsp3) is 0.267. The molecule has 2 N–H and O–H groups in total. The highest BCUT2D eigenvalue weighted by atomic mass is 35.5. The molecule has 2 aromatic rings. The van der Waals surface area contributed by atoms with Crippen LogP contribution in [0.1, 0.15) is 20.8 Å². The Balaban J connectivity index is 1.65. The molecule has 1 amide bonds. The summed E-state index contributed by atoms with van der Waals surface area (Å²) in [5, 5.41) is 8.85. The van der Waals surface area contributed by atoms with Gasteiger partial charge >= 0.3 is 0 Å². The van der Waals surface area contributed by atoms with E-state index < -0.39 is 0 Å². The minimum absolute atomic E-state index is 0.0361. The van der Waals surface area contributed by atoms with Gasteiger partial charge in [-0.25, -0.2) is 0 Å². The van der Waals surface area contributed by atoms with Gasteiger partial charge in [-0.2, -0.15) is 0 Å². The lowest BCUT2D eigenvalue weighted by Crippen LogP contribution is -2.31. The Morgan fingerprint density at radius 2 is 2.00 bits per heavy atom. The monoisotopic (exact) mass is 308 g/mol. The van der Waals surface area contributed by atoms with Gasteiger partial charge < -0.3 is 10.6 Å². The SMILES string of the molecule is Cc1ccc(C(=O)NCCNCc2cc(Cl)cs2)cc1. The first-order valence-corrected chi connectivity index (χ1v) is 7.69. The maximum Gasteiger partial charge on any atom is 0.251 e. The Morgan fingerprint density at radius 3 is 2.65 bits per heavy atom. The fourth-order valence-electron chi connectivity index (χ4n) is 1.73. The molecule has 0 aliphatic rings. The standard InChI is InChI=1S/C15H17ClN2OS/c1-11-2-4-12(5-3-11)15(19)18-7-6-17-9-14-8-13(16)10-20-14/h2-5,8,10,17H,6-7,9H2,1H3,(H,18,19). The van der Waals surface area contributed by atoms with Crippen LogP contribution in [0.3, 0.4) is 0 Å². The number of amides is 1. The smallest absolute Gasteiger partial charge is 0.251 e. The molecule has 106 valence electrons. The number of carbonyl (C=O) groups excluding carboxylic acids is 1. The second kappa shape index (κ2) is 7.43. The molecule has 0 saturated heterocycles. The van der Waals surface area contributed by atoms with E-state index in [0.29, 0.717) is 12.1 Å². The minimum Gasteiger partial charge on any atom is -0.351 e. The zero-order valence-electron chi connectivity index (χ0n) is 11.3. The van der Waals surface area contributed by atoms with E-state index in [1.165, 1.54) is 4.88 Å². The number of nitrogens with one attached hydrogen (secondary N) is 2. The molecule has 1 aromatic heterocycles. The van der Waals surface area contributed by atoms with Crippen LogP contribution in [-0.4, -0.2) is 19.0 Å². The van der Waals surface area contributed by atoms with Crippen molar-refractivity contribution in [3.8, 4) is 0 Å². The molecule has 0 bridgehead atoms. The highest BCUT2D eigenvalue weighted by Crippen LogP contribution is 2.18. The molecule has 0 unspecified atom stereocenters. The molecule has 0 spiro atoms. The average Bonchev–Trinajstić information content (AvgIpc) is 2.84. The van der Waals surface area contributed by atoms with E-state index in [1.54, 1.807) is 11.3 Å². The zero-order chi connectivity index (χ0) is 14.4. The summed E-state index contributed by atoms with van der Waals surface area (Å²) in [5.41, 5.74) is 1.85. The number of hydrogen-bond donors (Lipinski definition) is 2. The average molecular weight is 309 g/mol. The summed E-state index contributed by atoms with van der Waals surface area (Å²) in [7, 11) is 0. The number of benzene rings is 1. The van der Waals surface area contributed by atoms with Gasteiger partial charge in [-0.15, -0.1) is 11.3 Å². The van der Waals surface area contributed by atoms with Crippen LogP contribution in [-0.2, 0) is 6.54 Å². The molecule has 1 heterocycles. The highest BCUT2D eigenvalue weighted by Gasteiger charge is 2.03. The molecule has 0 saturated carbocycles. The summed E-state index contributed by atoms with van der Waals surface area (Å²) in [6.07, 6.45) is 0. The summed E-state index contributed by atoms with van der Waals surface area (Å²) in [5.74, 6) is -0.0361. The van der Waals surface area contributed by atoms with Gasteiger partial charge in [0.2, 0.25) is 0 Å². The molecule has 0 fully saturated rings. The van der Waals surface area contributed by atoms with Crippen molar-refractivity contribution in [2.45, 2.75) is 13.5 Å². The second-order valence-electron chi connectivity index (χ2n) is 4.53. The molecule has 2 rings (SSSR count). The van der Waals surface area contributed by atoms with Crippen LogP contribution in [0.4, 0.5) is 0 Å². The molecule has 0 radical (unpaired) electrons. The minimum atomic E-state index is -0.0361. The normalized spacial score (nSPS) is 10.5. The van der Waals surface area contributed by atoms with Crippen LogP contribution >= 0.6 is 22.9 Å². The van der Waals surface area contributed by atoms with E-state index in [0.717, 1.165) is 23.7 Å². The van der Waals surface area contributed by atoms with Gasteiger partial charge in [0.1, 0.15) is 0 Å². The number of aryl methyl sites for hydroxylation is 1. The summed E-state index contributed by atoms with van der Waals surface area (Å²) in [6.45, 7) is 4.11. The first-order chi connectivity index (χ1) is 9.65. The lowest BCUT2D eigenvalue weighted by molar-refractivity contribution is 0.0954. The number of halogens is 1. The van der Waals surface area contributed by atoms with Crippen molar-refractivity contribution in [2.75, 3.05) is 13.1 Å². The van der Waals surface area contributed by atoms with Gasteiger partial charge in [0.15, 0.2) is 0 Å². The molecule has 1 aromatic carbocycles. The number of carbonyl (C=O) groups is 1.